The first-order chi connectivity index (χ1) is 13.7. The minimum atomic E-state index is -2.05. The van der Waals surface area contributed by atoms with Crippen LogP contribution in [0.3, 0.4) is 0 Å². The Hall–Kier alpha value is -1.65. The van der Waals surface area contributed by atoms with E-state index < -0.39 is 8.32 Å². The number of ether oxygens (including phenoxy) is 1. The van der Waals surface area contributed by atoms with Gasteiger partial charge in [0.2, 0.25) is 0 Å². The van der Waals surface area contributed by atoms with Gasteiger partial charge in [-0.2, -0.15) is 0 Å². The molecule has 0 spiro atoms. The first-order valence-corrected chi connectivity index (χ1v) is 13.8. The number of Topliss-reactive ketones (excluding diaryl/α,β-unsaturated/α-hetero) is 1. The third kappa shape index (κ3) is 6.68. The van der Waals surface area contributed by atoms with Crippen LogP contribution in [0.15, 0.2) is 59.4 Å². The highest BCUT2D eigenvalue weighted by Gasteiger charge is 2.41. The summed E-state index contributed by atoms with van der Waals surface area (Å²) in [6, 6.07) is 0. The predicted octanol–water partition coefficient (Wildman–Crippen LogP) is 7.30. The van der Waals surface area contributed by atoms with Gasteiger partial charge in [-0.05, 0) is 57.5 Å². The van der Waals surface area contributed by atoms with E-state index in [1.54, 1.807) is 0 Å². The molecule has 30 heavy (non-hydrogen) atoms. The highest BCUT2D eigenvalue weighted by molar-refractivity contribution is 6.74. The molecule has 0 unspecified atom stereocenters. The average molecular weight is 431 g/mol. The summed E-state index contributed by atoms with van der Waals surface area (Å²) in [5.41, 5.74) is 3.90. The highest BCUT2D eigenvalue weighted by Crippen LogP contribution is 2.40. The first-order valence-electron chi connectivity index (χ1n) is 10.9. The van der Waals surface area contributed by atoms with E-state index in [0.29, 0.717) is 19.4 Å². The molecule has 0 fully saturated rings. The second-order valence-corrected chi connectivity index (χ2v) is 14.6. The number of rotatable bonds is 10. The van der Waals surface area contributed by atoms with Gasteiger partial charge < -0.3 is 9.16 Å². The van der Waals surface area contributed by atoms with Crippen LogP contribution in [-0.4, -0.2) is 26.8 Å². The predicted molar refractivity (Wildman–Crippen MR) is 131 cm³/mol. The molecule has 0 radical (unpaired) electrons. The summed E-state index contributed by atoms with van der Waals surface area (Å²) in [6.07, 6.45) is 6.66. The summed E-state index contributed by atoms with van der Waals surface area (Å²) in [6.45, 7) is 27.8. The van der Waals surface area contributed by atoms with Crippen molar-refractivity contribution in [2.24, 2.45) is 5.92 Å². The Balaban J connectivity index is 3.31. The number of hydrogen-bond donors (Lipinski definition) is 0. The summed E-state index contributed by atoms with van der Waals surface area (Å²) in [7, 11) is -2.05. The normalized spacial score (nSPS) is 18.1. The van der Waals surface area contributed by atoms with Gasteiger partial charge >= 0.3 is 0 Å². The number of allylic oxidation sites excluding steroid dienone is 4. The van der Waals surface area contributed by atoms with Crippen molar-refractivity contribution >= 4 is 14.1 Å². The highest BCUT2D eigenvalue weighted by atomic mass is 28.4. The SMILES string of the molecule is C=C[C@H](O[Si](C)(C)C(C)(C)C)[C@@H]1C=C(OCC)CC=C1C(=O)CC(C(=C)C)=C(C)C. The van der Waals surface area contributed by atoms with Crippen LogP contribution in [-0.2, 0) is 14.0 Å². The van der Waals surface area contributed by atoms with Crippen molar-refractivity contribution in [2.45, 2.75) is 85.5 Å². The Morgan fingerprint density at radius 3 is 2.33 bits per heavy atom. The molecule has 0 aromatic rings. The molecule has 0 bridgehead atoms. The van der Waals surface area contributed by atoms with Gasteiger partial charge in [0, 0.05) is 24.3 Å². The second-order valence-electron chi connectivity index (χ2n) is 9.89. The van der Waals surface area contributed by atoms with Gasteiger partial charge in [-0.3, -0.25) is 4.79 Å². The summed E-state index contributed by atoms with van der Waals surface area (Å²) in [5, 5.41) is 0.0679. The smallest absolute Gasteiger partial charge is 0.192 e. The fourth-order valence-electron chi connectivity index (χ4n) is 3.37. The Labute approximate surface area is 185 Å². The number of carbonyl (C=O) groups is 1. The van der Waals surface area contributed by atoms with E-state index in [2.05, 4.69) is 53.1 Å². The molecule has 0 amide bonds. The molecule has 1 aliphatic carbocycles. The monoisotopic (exact) mass is 430 g/mol. The zero-order chi connectivity index (χ0) is 23.3. The van der Waals surface area contributed by atoms with Gasteiger partial charge in [-0.1, -0.05) is 50.6 Å². The third-order valence-corrected chi connectivity index (χ3v) is 10.7. The Morgan fingerprint density at radius 1 is 1.30 bits per heavy atom. The van der Waals surface area contributed by atoms with Crippen molar-refractivity contribution in [1.82, 2.24) is 0 Å². The van der Waals surface area contributed by atoms with E-state index in [4.69, 9.17) is 9.16 Å². The minimum Gasteiger partial charge on any atom is -0.498 e. The van der Waals surface area contributed by atoms with Gasteiger partial charge in [0.05, 0.1) is 18.5 Å². The van der Waals surface area contributed by atoms with Crippen LogP contribution >= 0.6 is 0 Å². The van der Waals surface area contributed by atoms with Gasteiger partial charge in [0.15, 0.2) is 14.1 Å². The van der Waals surface area contributed by atoms with Crippen LogP contribution in [0, 0.1) is 5.92 Å². The fourth-order valence-corrected chi connectivity index (χ4v) is 4.65. The molecule has 4 heteroatoms. The number of hydrogen-bond acceptors (Lipinski definition) is 3. The first kappa shape index (κ1) is 26.4. The van der Waals surface area contributed by atoms with E-state index in [-0.39, 0.29) is 22.8 Å². The number of ketones is 1. The summed E-state index contributed by atoms with van der Waals surface area (Å²) in [4.78, 5) is 13.4. The lowest BCUT2D eigenvalue weighted by Gasteiger charge is -2.41. The zero-order valence-electron chi connectivity index (χ0n) is 20.6. The standard InChI is InChI=1S/C26H42O3Si/c1-12-25(29-30(10,11)26(7,8)9)23-16-20(28-13-2)14-15-21(23)24(27)17-22(18(3)4)19(5)6/h12,15-16,23,25H,1,3,13-14,17H2,2,4-11H3/t23-,25+/m1/s1. The maximum atomic E-state index is 13.4. The third-order valence-electron chi connectivity index (χ3n) is 6.18. The van der Waals surface area contributed by atoms with Crippen LogP contribution in [0.5, 0.6) is 0 Å². The van der Waals surface area contributed by atoms with Gasteiger partial charge in [-0.25, -0.2) is 0 Å². The van der Waals surface area contributed by atoms with Crippen molar-refractivity contribution < 1.29 is 14.0 Å². The quantitative estimate of drug-likeness (QED) is 0.207. The Kier molecular flexibility index (Phi) is 9.31. The lowest BCUT2D eigenvalue weighted by Crippen LogP contribution is -2.45. The molecular formula is C26H42O3Si. The second kappa shape index (κ2) is 10.6. The van der Waals surface area contributed by atoms with Crippen molar-refractivity contribution in [3.63, 3.8) is 0 Å². The largest absolute Gasteiger partial charge is 0.498 e. The zero-order valence-corrected chi connectivity index (χ0v) is 21.6. The molecule has 0 aromatic heterocycles. The molecule has 168 valence electrons. The Bertz CT molecular complexity index is 756. The van der Waals surface area contributed by atoms with Gasteiger partial charge in [-0.15, -0.1) is 6.58 Å². The summed E-state index contributed by atoms with van der Waals surface area (Å²) < 4.78 is 12.5. The summed E-state index contributed by atoms with van der Waals surface area (Å²) in [5.74, 6) is 0.826. The Morgan fingerprint density at radius 2 is 1.90 bits per heavy atom. The topological polar surface area (TPSA) is 35.5 Å². The van der Waals surface area contributed by atoms with Crippen LogP contribution in [0.2, 0.25) is 18.1 Å². The van der Waals surface area contributed by atoms with Crippen LogP contribution in [0.4, 0.5) is 0 Å². The van der Waals surface area contributed by atoms with E-state index in [9.17, 15) is 4.79 Å². The maximum Gasteiger partial charge on any atom is 0.192 e. The van der Waals surface area contributed by atoms with Crippen LogP contribution in [0.1, 0.15) is 61.3 Å². The van der Waals surface area contributed by atoms with E-state index >= 15 is 0 Å². The van der Waals surface area contributed by atoms with Crippen molar-refractivity contribution in [3.8, 4) is 0 Å². The summed E-state index contributed by atoms with van der Waals surface area (Å²) >= 11 is 0. The molecule has 1 rings (SSSR count). The lowest BCUT2D eigenvalue weighted by atomic mass is 9.82. The molecule has 0 N–H and O–H groups in total. The van der Waals surface area contributed by atoms with Crippen LogP contribution < -0.4 is 0 Å². The number of carbonyl (C=O) groups excluding carboxylic acids is 1. The van der Waals surface area contributed by atoms with Crippen LogP contribution in [0.25, 0.3) is 0 Å². The molecule has 0 aromatic carbocycles. The molecular weight excluding hydrogens is 388 g/mol. The molecule has 2 atom stereocenters. The van der Waals surface area contributed by atoms with E-state index in [1.807, 2.05) is 39.8 Å². The molecule has 0 aliphatic heterocycles. The fraction of sp³-hybridized carbons (Fsp3) is 0.577. The molecule has 0 saturated heterocycles. The van der Waals surface area contributed by atoms with Gasteiger partial charge in [0.25, 0.3) is 0 Å². The van der Waals surface area contributed by atoms with Crippen molar-refractivity contribution in [3.05, 3.63) is 59.4 Å². The maximum absolute atomic E-state index is 13.4. The lowest BCUT2D eigenvalue weighted by molar-refractivity contribution is -0.115. The molecule has 3 nitrogen and oxygen atoms in total. The molecule has 0 heterocycles. The van der Waals surface area contributed by atoms with E-state index in [1.165, 1.54) is 0 Å². The van der Waals surface area contributed by atoms with Crippen molar-refractivity contribution in [2.75, 3.05) is 6.61 Å². The van der Waals surface area contributed by atoms with Gasteiger partial charge in [0.1, 0.15) is 0 Å². The minimum absolute atomic E-state index is 0.0679. The average Bonchev–Trinajstić information content (AvgIpc) is 2.62. The van der Waals surface area contributed by atoms with E-state index in [0.717, 1.165) is 28.1 Å². The van der Waals surface area contributed by atoms with Crippen molar-refractivity contribution in [1.29, 1.82) is 0 Å². The molecule has 0 saturated carbocycles. The molecule has 1 aliphatic rings.